The molecule has 1 aromatic rings. The van der Waals surface area contributed by atoms with Crippen molar-refractivity contribution < 1.29 is 24.2 Å². The third-order valence-corrected chi connectivity index (χ3v) is 6.52. The van der Waals surface area contributed by atoms with E-state index in [9.17, 15) is 14.7 Å². The number of hydrogen-bond donors (Lipinski definition) is 2. The van der Waals surface area contributed by atoms with Gasteiger partial charge < -0.3 is 24.5 Å². The van der Waals surface area contributed by atoms with Gasteiger partial charge in [-0.15, -0.1) is 0 Å². The third kappa shape index (κ3) is 14.6. The molecule has 10 heteroatoms. The first-order valence-electron chi connectivity index (χ1n) is 11.6. The predicted octanol–water partition coefficient (Wildman–Crippen LogP) is 4.05. The molecule has 33 heavy (non-hydrogen) atoms. The van der Waals surface area contributed by atoms with Gasteiger partial charge in [-0.2, -0.15) is 0 Å². The number of aromatic nitrogens is 2. The number of ether oxygens (including phenoxy) is 2. The van der Waals surface area contributed by atoms with E-state index in [1.165, 1.54) is 0 Å². The molecule has 0 fully saturated rings. The summed E-state index contributed by atoms with van der Waals surface area (Å²) in [5.74, 6) is -0.685. The Morgan fingerprint density at radius 3 is 2.48 bits per heavy atom. The average molecular weight is 478 g/mol. The second-order valence-corrected chi connectivity index (χ2v) is 16.1. The normalized spacial score (nSPS) is 12.7. The number of aryl methyl sites for hydroxylation is 1. The molecule has 1 rings (SSSR count). The maximum absolute atomic E-state index is 11.9. The van der Waals surface area contributed by atoms with Crippen molar-refractivity contribution in [2.45, 2.75) is 97.8 Å². The second kappa shape index (κ2) is 14.9. The molecule has 1 amide bonds. The number of rotatable bonds is 14. The van der Waals surface area contributed by atoms with Crippen LogP contribution < -0.4 is 5.32 Å². The number of imidazole rings is 1. The Bertz CT molecular complexity index is 729. The fraction of sp³-hybridized carbons (Fsp3) is 0.783. The topological polar surface area (TPSA) is 103 Å². The first-order valence-corrected chi connectivity index (χ1v) is 15.3. The summed E-state index contributed by atoms with van der Waals surface area (Å²) in [7, 11) is -1.16. The molecule has 1 atom stereocenters. The Kier molecular flexibility index (Phi) is 14.3. The SMILES string of the molecule is CCCc1cn(COCC[Si](C)(C)C)c(CC(CCCNC(=O)OC(C)(C)C)C(=O)O)n1.[LiH]. The van der Waals surface area contributed by atoms with E-state index in [4.69, 9.17) is 9.47 Å². The van der Waals surface area contributed by atoms with Crippen molar-refractivity contribution in [1.82, 2.24) is 14.9 Å². The quantitative estimate of drug-likeness (QED) is 0.310. The minimum atomic E-state index is -1.16. The Hall–Kier alpha value is -1.28. The van der Waals surface area contributed by atoms with Crippen molar-refractivity contribution in [3.8, 4) is 0 Å². The van der Waals surface area contributed by atoms with Crippen LogP contribution in [0, 0.1) is 5.92 Å². The van der Waals surface area contributed by atoms with E-state index in [-0.39, 0.29) is 18.9 Å². The van der Waals surface area contributed by atoms with Crippen LogP contribution in [0.25, 0.3) is 0 Å². The molecule has 1 heterocycles. The van der Waals surface area contributed by atoms with Gasteiger partial charge in [-0.1, -0.05) is 33.0 Å². The first kappa shape index (κ1) is 31.7. The van der Waals surface area contributed by atoms with Gasteiger partial charge in [0.05, 0.1) is 11.6 Å². The molecule has 1 aromatic heterocycles. The molecular formula is C23H44LiN3O5Si. The molecule has 0 saturated carbocycles. The number of carbonyl (C=O) groups excluding carboxylic acids is 1. The number of nitrogens with one attached hydrogen (secondary N) is 1. The summed E-state index contributed by atoms with van der Waals surface area (Å²) in [5, 5.41) is 12.4. The fourth-order valence-electron chi connectivity index (χ4n) is 3.09. The van der Waals surface area contributed by atoms with E-state index in [0.717, 1.165) is 30.4 Å². The van der Waals surface area contributed by atoms with Gasteiger partial charge in [0.2, 0.25) is 0 Å². The molecule has 1 unspecified atom stereocenters. The van der Waals surface area contributed by atoms with E-state index in [1.54, 1.807) is 20.8 Å². The van der Waals surface area contributed by atoms with Gasteiger partial charge in [0, 0.05) is 33.8 Å². The van der Waals surface area contributed by atoms with Gasteiger partial charge in [-0.05, 0) is 46.1 Å². The van der Waals surface area contributed by atoms with Crippen LogP contribution in [0.3, 0.4) is 0 Å². The monoisotopic (exact) mass is 477 g/mol. The summed E-state index contributed by atoms with van der Waals surface area (Å²) < 4.78 is 13.0. The van der Waals surface area contributed by atoms with E-state index < -0.39 is 31.7 Å². The van der Waals surface area contributed by atoms with Gasteiger partial charge in [0.25, 0.3) is 0 Å². The van der Waals surface area contributed by atoms with Gasteiger partial charge in [-0.3, -0.25) is 4.79 Å². The van der Waals surface area contributed by atoms with E-state index in [1.807, 2.05) is 10.8 Å². The van der Waals surface area contributed by atoms with Crippen molar-refractivity contribution in [3.63, 3.8) is 0 Å². The minimum absolute atomic E-state index is 0. The standard InChI is InChI=1S/C23H43N3O5Si.Li.H/c1-8-10-19-16-26(17-30-13-14-32(5,6)7)20(25-19)15-18(21(27)28)11-9-12-24-22(29)31-23(2,3)4;;/h16,18H,8-15,17H2,1-7H3,(H,24,29)(H,27,28);;. The molecule has 186 valence electrons. The van der Waals surface area contributed by atoms with Crippen LogP contribution in [0.5, 0.6) is 0 Å². The molecule has 0 aliphatic carbocycles. The van der Waals surface area contributed by atoms with Crippen molar-refractivity contribution in [2.75, 3.05) is 13.2 Å². The van der Waals surface area contributed by atoms with Crippen molar-refractivity contribution >= 4 is 39.0 Å². The third-order valence-electron chi connectivity index (χ3n) is 4.82. The molecule has 0 aliphatic rings. The van der Waals surface area contributed by atoms with Crippen molar-refractivity contribution in [3.05, 3.63) is 17.7 Å². The number of amides is 1. The van der Waals surface area contributed by atoms with Crippen LogP contribution in [0.2, 0.25) is 25.7 Å². The summed E-state index contributed by atoms with van der Waals surface area (Å²) in [4.78, 5) is 28.3. The fourth-order valence-corrected chi connectivity index (χ4v) is 3.85. The van der Waals surface area contributed by atoms with Crippen LogP contribution in [0.15, 0.2) is 6.20 Å². The summed E-state index contributed by atoms with van der Waals surface area (Å²) >= 11 is 0. The van der Waals surface area contributed by atoms with E-state index in [0.29, 0.717) is 39.1 Å². The molecule has 0 aromatic carbocycles. The molecule has 2 N–H and O–H groups in total. The number of carboxylic acid groups (broad SMARTS) is 1. The molecule has 0 bridgehead atoms. The molecule has 0 spiro atoms. The zero-order valence-corrected chi connectivity index (χ0v) is 22.0. The number of carbonyl (C=O) groups is 2. The van der Waals surface area contributed by atoms with Gasteiger partial charge in [0.1, 0.15) is 18.2 Å². The Morgan fingerprint density at radius 1 is 1.27 bits per heavy atom. The zero-order chi connectivity index (χ0) is 24.4. The Labute approximate surface area is 212 Å². The maximum atomic E-state index is 11.9. The van der Waals surface area contributed by atoms with Crippen molar-refractivity contribution in [2.24, 2.45) is 5.92 Å². The molecule has 0 saturated heterocycles. The van der Waals surface area contributed by atoms with E-state index >= 15 is 0 Å². The van der Waals surface area contributed by atoms with Gasteiger partial charge in [0.15, 0.2) is 0 Å². The Morgan fingerprint density at radius 2 is 1.94 bits per heavy atom. The van der Waals surface area contributed by atoms with Crippen LogP contribution >= 0.6 is 0 Å². The molecule has 0 aliphatic heterocycles. The number of carboxylic acids is 1. The summed E-state index contributed by atoms with van der Waals surface area (Å²) in [6.45, 7) is 15.9. The summed E-state index contributed by atoms with van der Waals surface area (Å²) in [5.41, 5.74) is 0.407. The summed E-state index contributed by atoms with van der Waals surface area (Å²) in [6.07, 6.45) is 4.65. The molecular weight excluding hydrogens is 433 g/mol. The molecule has 0 radical (unpaired) electrons. The van der Waals surface area contributed by atoms with E-state index in [2.05, 4.69) is 36.9 Å². The number of nitrogens with zero attached hydrogens (tertiary/aromatic N) is 2. The second-order valence-electron chi connectivity index (χ2n) is 10.5. The zero-order valence-electron chi connectivity index (χ0n) is 21.0. The van der Waals surface area contributed by atoms with Crippen LogP contribution in [-0.2, 0) is 33.8 Å². The number of aliphatic carboxylic acids is 1. The summed E-state index contributed by atoms with van der Waals surface area (Å²) in [6, 6.07) is 1.08. The first-order chi connectivity index (χ1) is 14.8. The predicted molar refractivity (Wildman–Crippen MR) is 136 cm³/mol. The van der Waals surface area contributed by atoms with Gasteiger partial charge >= 0.3 is 30.9 Å². The van der Waals surface area contributed by atoms with Crippen LogP contribution in [-0.4, -0.2) is 72.4 Å². The average Bonchev–Trinajstić information content (AvgIpc) is 3.00. The van der Waals surface area contributed by atoms with Gasteiger partial charge in [-0.25, -0.2) is 9.78 Å². The molecule has 8 nitrogen and oxygen atoms in total. The number of hydrogen-bond acceptors (Lipinski definition) is 5. The Balaban J connectivity index is 0.0000102. The van der Waals surface area contributed by atoms with Crippen molar-refractivity contribution in [1.29, 1.82) is 0 Å². The number of alkyl carbamates (subject to hydrolysis) is 1. The van der Waals surface area contributed by atoms with Crippen LogP contribution in [0.4, 0.5) is 4.79 Å². The van der Waals surface area contributed by atoms with Crippen LogP contribution in [0.1, 0.15) is 58.5 Å².